The minimum absolute atomic E-state index is 0.205. The average molecular weight is 364 g/mol. The van der Waals surface area contributed by atoms with Crippen LogP contribution in [-0.2, 0) is 6.42 Å². The molecule has 25 heavy (non-hydrogen) atoms. The van der Waals surface area contributed by atoms with Crippen molar-refractivity contribution < 1.29 is 4.79 Å². The fourth-order valence-corrected chi connectivity index (χ4v) is 5.34. The normalized spacial score (nSPS) is 20.6. The van der Waals surface area contributed by atoms with E-state index in [4.69, 9.17) is 0 Å². The molecule has 2 aliphatic rings. The van der Waals surface area contributed by atoms with Crippen LogP contribution in [0.5, 0.6) is 0 Å². The Balaban J connectivity index is 1.55. The Morgan fingerprint density at radius 1 is 1.12 bits per heavy atom. The van der Waals surface area contributed by atoms with Gasteiger partial charge in [0.2, 0.25) is 0 Å². The van der Waals surface area contributed by atoms with Gasteiger partial charge < -0.3 is 9.80 Å². The first-order valence-electron chi connectivity index (χ1n) is 10.1. The van der Waals surface area contributed by atoms with E-state index in [1.165, 1.54) is 38.6 Å². The number of hydrogen-bond donors (Lipinski definition) is 0. The van der Waals surface area contributed by atoms with Gasteiger partial charge in [-0.25, -0.2) is 4.98 Å². The van der Waals surface area contributed by atoms with E-state index in [-0.39, 0.29) is 5.91 Å². The Morgan fingerprint density at radius 2 is 1.92 bits per heavy atom. The van der Waals surface area contributed by atoms with Gasteiger partial charge in [0.25, 0.3) is 5.91 Å². The van der Waals surface area contributed by atoms with Crippen molar-refractivity contribution in [2.75, 3.05) is 32.7 Å². The lowest BCUT2D eigenvalue weighted by Crippen LogP contribution is -2.36. The van der Waals surface area contributed by atoms with Crippen LogP contribution in [0, 0.1) is 12.8 Å². The highest BCUT2D eigenvalue weighted by molar-refractivity contribution is 7.13. The van der Waals surface area contributed by atoms with Crippen LogP contribution in [0.15, 0.2) is 0 Å². The summed E-state index contributed by atoms with van der Waals surface area (Å²) < 4.78 is 0. The number of carbonyl (C=O) groups is 1. The molecule has 2 fully saturated rings. The number of nitrogens with zero attached hydrogens (tertiary/aromatic N) is 3. The third-order valence-electron chi connectivity index (χ3n) is 5.62. The highest BCUT2D eigenvalue weighted by atomic mass is 32.1. The molecule has 0 spiro atoms. The Morgan fingerprint density at radius 3 is 2.68 bits per heavy atom. The summed E-state index contributed by atoms with van der Waals surface area (Å²) in [5, 5.41) is 1.11. The van der Waals surface area contributed by atoms with E-state index in [0.717, 1.165) is 66.9 Å². The minimum Gasteiger partial charge on any atom is -0.337 e. The van der Waals surface area contributed by atoms with Gasteiger partial charge in [-0.2, -0.15) is 0 Å². The summed E-state index contributed by atoms with van der Waals surface area (Å²) in [6.07, 6.45) is 10.2. The third-order valence-corrected chi connectivity index (χ3v) is 6.82. The van der Waals surface area contributed by atoms with E-state index in [9.17, 15) is 4.79 Å². The molecular weight excluding hydrogens is 330 g/mol. The highest BCUT2D eigenvalue weighted by Crippen LogP contribution is 2.25. The molecule has 140 valence electrons. The molecule has 5 heteroatoms. The first kappa shape index (κ1) is 18.8. The van der Waals surface area contributed by atoms with E-state index >= 15 is 0 Å². The van der Waals surface area contributed by atoms with E-state index < -0.39 is 0 Å². The van der Waals surface area contributed by atoms with Crippen LogP contribution < -0.4 is 0 Å². The summed E-state index contributed by atoms with van der Waals surface area (Å²) in [5.74, 6) is 1.09. The van der Waals surface area contributed by atoms with Crippen molar-refractivity contribution in [2.45, 2.75) is 65.2 Å². The molecule has 1 amide bonds. The predicted molar refractivity (Wildman–Crippen MR) is 104 cm³/mol. The molecule has 1 aromatic rings. The summed E-state index contributed by atoms with van der Waals surface area (Å²) >= 11 is 1.61. The summed E-state index contributed by atoms with van der Waals surface area (Å²) in [6, 6.07) is 0. The molecule has 0 bridgehead atoms. The van der Waals surface area contributed by atoms with Crippen LogP contribution >= 0.6 is 11.3 Å². The van der Waals surface area contributed by atoms with E-state index in [1.807, 2.05) is 6.92 Å². The fraction of sp³-hybridized carbons (Fsp3) is 0.800. The van der Waals surface area contributed by atoms with Crippen LogP contribution in [0.4, 0.5) is 0 Å². The van der Waals surface area contributed by atoms with Gasteiger partial charge in [0.05, 0.1) is 10.7 Å². The van der Waals surface area contributed by atoms with Crippen LogP contribution in [-0.4, -0.2) is 53.4 Å². The second-order valence-electron chi connectivity index (χ2n) is 7.72. The van der Waals surface area contributed by atoms with Gasteiger partial charge in [-0.3, -0.25) is 4.79 Å². The second-order valence-corrected chi connectivity index (χ2v) is 8.81. The van der Waals surface area contributed by atoms with Crippen molar-refractivity contribution in [3.8, 4) is 0 Å². The molecule has 0 N–H and O–H groups in total. The monoisotopic (exact) mass is 363 g/mol. The SMILES string of the molecule is CCCc1nc(C)c(C(=O)N2CCCN(CC3CCCCC3)CC2)s1. The van der Waals surface area contributed by atoms with Crippen LogP contribution in [0.25, 0.3) is 0 Å². The largest absolute Gasteiger partial charge is 0.337 e. The molecule has 1 saturated heterocycles. The zero-order valence-electron chi connectivity index (χ0n) is 15.9. The van der Waals surface area contributed by atoms with Crippen molar-refractivity contribution in [1.82, 2.24) is 14.8 Å². The number of aryl methyl sites for hydroxylation is 2. The maximum absolute atomic E-state index is 13.0. The Labute approximate surface area is 156 Å². The standard InChI is InChI=1S/C20H33N3OS/c1-3-8-18-21-16(2)19(25-18)20(24)23-12-7-11-22(13-14-23)15-17-9-5-4-6-10-17/h17H,3-15H2,1-2H3. The molecule has 3 rings (SSSR count). The maximum Gasteiger partial charge on any atom is 0.265 e. The molecule has 1 aromatic heterocycles. The van der Waals surface area contributed by atoms with Gasteiger partial charge in [-0.05, 0) is 51.5 Å². The highest BCUT2D eigenvalue weighted by Gasteiger charge is 2.25. The molecule has 1 saturated carbocycles. The van der Waals surface area contributed by atoms with E-state index in [2.05, 4.69) is 21.7 Å². The quantitative estimate of drug-likeness (QED) is 0.789. The lowest BCUT2D eigenvalue weighted by molar-refractivity contribution is 0.0764. The first-order valence-corrected chi connectivity index (χ1v) is 11.0. The van der Waals surface area contributed by atoms with E-state index in [0.29, 0.717) is 0 Å². The first-order chi connectivity index (χ1) is 12.2. The molecule has 1 aliphatic heterocycles. The lowest BCUT2D eigenvalue weighted by Gasteiger charge is -2.28. The van der Waals surface area contributed by atoms with Crippen LogP contribution in [0.2, 0.25) is 0 Å². The molecule has 4 nitrogen and oxygen atoms in total. The molecular formula is C20H33N3OS. The van der Waals surface area contributed by atoms with Gasteiger partial charge in [0, 0.05) is 26.2 Å². The Bertz CT molecular complexity index is 565. The molecule has 0 radical (unpaired) electrons. The smallest absolute Gasteiger partial charge is 0.265 e. The van der Waals surface area contributed by atoms with Crippen molar-refractivity contribution in [1.29, 1.82) is 0 Å². The number of amides is 1. The number of carbonyl (C=O) groups excluding carboxylic acids is 1. The number of thiazole rings is 1. The van der Waals surface area contributed by atoms with Gasteiger partial charge in [-0.15, -0.1) is 11.3 Å². The number of hydrogen-bond acceptors (Lipinski definition) is 4. The van der Waals surface area contributed by atoms with Crippen LogP contribution in [0.3, 0.4) is 0 Å². The van der Waals surface area contributed by atoms with Crippen molar-refractivity contribution in [2.24, 2.45) is 5.92 Å². The lowest BCUT2D eigenvalue weighted by atomic mass is 9.89. The average Bonchev–Trinajstić information content (AvgIpc) is 2.83. The van der Waals surface area contributed by atoms with Crippen LogP contribution in [0.1, 0.15) is 72.2 Å². The molecule has 2 heterocycles. The fourth-order valence-electron chi connectivity index (χ4n) is 4.21. The zero-order valence-corrected chi connectivity index (χ0v) is 16.7. The molecule has 0 atom stereocenters. The maximum atomic E-state index is 13.0. The van der Waals surface area contributed by atoms with Gasteiger partial charge in [-0.1, -0.05) is 26.2 Å². The van der Waals surface area contributed by atoms with Crippen molar-refractivity contribution >= 4 is 17.2 Å². The van der Waals surface area contributed by atoms with Gasteiger partial charge in [0.15, 0.2) is 0 Å². The number of rotatable bonds is 5. The summed E-state index contributed by atoms with van der Waals surface area (Å²) in [5.41, 5.74) is 0.918. The van der Waals surface area contributed by atoms with Gasteiger partial charge in [0.1, 0.15) is 4.88 Å². The van der Waals surface area contributed by atoms with Crippen molar-refractivity contribution in [3.63, 3.8) is 0 Å². The predicted octanol–water partition coefficient (Wildman–Crippen LogP) is 4.13. The van der Waals surface area contributed by atoms with E-state index in [1.54, 1.807) is 11.3 Å². The van der Waals surface area contributed by atoms with Gasteiger partial charge >= 0.3 is 0 Å². The summed E-state index contributed by atoms with van der Waals surface area (Å²) in [4.78, 5) is 23.1. The molecule has 0 unspecified atom stereocenters. The third kappa shape index (κ3) is 5.04. The van der Waals surface area contributed by atoms with Crippen molar-refractivity contribution in [3.05, 3.63) is 15.6 Å². The minimum atomic E-state index is 0.205. The molecule has 0 aromatic carbocycles. The zero-order chi connectivity index (χ0) is 17.6. The number of aromatic nitrogens is 1. The second kappa shape index (κ2) is 9.13. The summed E-state index contributed by atoms with van der Waals surface area (Å²) in [6.45, 7) is 9.31. The Hall–Kier alpha value is -0.940. The molecule has 1 aliphatic carbocycles. The Kier molecular flexibility index (Phi) is 6.88. The topological polar surface area (TPSA) is 36.4 Å². The summed E-state index contributed by atoms with van der Waals surface area (Å²) in [7, 11) is 0.